The summed E-state index contributed by atoms with van der Waals surface area (Å²) in [6.07, 6.45) is 8.62. The van der Waals surface area contributed by atoms with Crippen molar-refractivity contribution in [2.24, 2.45) is 5.92 Å². The monoisotopic (exact) mass is 407 g/mol. The number of hydrogen-bond donors (Lipinski definition) is 0. The Hall–Kier alpha value is -1.50. The van der Waals surface area contributed by atoms with Crippen molar-refractivity contribution in [3.05, 3.63) is 0 Å². The van der Waals surface area contributed by atoms with Crippen molar-refractivity contribution < 1.29 is 19.1 Å². The van der Waals surface area contributed by atoms with E-state index in [1.165, 1.54) is 19.3 Å². The molecule has 2 amide bonds. The summed E-state index contributed by atoms with van der Waals surface area (Å²) in [4.78, 5) is 31.2. The normalized spacial score (nSPS) is 30.2. The van der Waals surface area contributed by atoms with E-state index in [9.17, 15) is 9.59 Å². The molecule has 0 unspecified atom stereocenters. The van der Waals surface area contributed by atoms with E-state index in [4.69, 9.17) is 9.47 Å². The third-order valence-electron chi connectivity index (χ3n) is 7.33. The molecule has 3 aliphatic heterocycles. The molecule has 4 fully saturated rings. The molecular formula is C22H37N3O4. The molecule has 0 spiro atoms. The van der Waals surface area contributed by atoms with Gasteiger partial charge in [-0.3, -0.25) is 0 Å². The van der Waals surface area contributed by atoms with Crippen molar-refractivity contribution in [3.8, 4) is 0 Å². The maximum atomic E-state index is 12.5. The van der Waals surface area contributed by atoms with Crippen LogP contribution in [0.5, 0.6) is 0 Å². The minimum atomic E-state index is -0.178. The zero-order valence-electron chi connectivity index (χ0n) is 18.1. The third kappa shape index (κ3) is 4.65. The molecule has 0 aromatic rings. The van der Waals surface area contributed by atoms with Gasteiger partial charge < -0.3 is 24.2 Å². The molecule has 3 heterocycles. The summed E-state index contributed by atoms with van der Waals surface area (Å²) in [5.74, 6) is 0.536. The molecule has 164 valence electrons. The Bertz CT molecular complexity index is 583. The summed E-state index contributed by atoms with van der Waals surface area (Å²) < 4.78 is 10.9. The van der Waals surface area contributed by atoms with Crippen molar-refractivity contribution in [3.63, 3.8) is 0 Å². The van der Waals surface area contributed by atoms with Crippen molar-refractivity contribution in [2.75, 3.05) is 32.8 Å². The van der Waals surface area contributed by atoms with Gasteiger partial charge in [-0.25, -0.2) is 9.59 Å². The smallest absolute Gasteiger partial charge is 0.410 e. The van der Waals surface area contributed by atoms with Crippen LogP contribution < -0.4 is 0 Å². The maximum absolute atomic E-state index is 12.5. The molecule has 0 N–H and O–H groups in total. The predicted molar refractivity (Wildman–Crippen MR) is 110 cm³/mol. The summed E-state index contributed by atoms with van der Waals surface area (Å²) in [5, 5.41) is 0. The first-order valence-electron chi connectivity index (χ1n) is 11.7. The van der Waals surface area contributed by atoms with Gasteiger partial charge in [0.2, 0.25) is 0 Å². The second-order valence-corrected chi connectivity index (χ2v) is 9.51. The summed E-state index contributed by atoms with van der Waals surface area (Å²) in [6, 6.07) is 1.26. The van der Waals surface area contributed by atoms with Crippen LogP contribution in [0, 0.1) is 5.92 Å². The molecular weight excluding hydrogens is 370 g/mol. The van der Waals surface area contributed by atoms with E-state index in [0.29, 0.717) is 30.7 Å². The Morgan fingerprint density at radius 1 is 0.966 bits per heavy atom. The molecule has 0 aromatic heterocycles. The fourth-order valence-corrected chi connectivity index (χ4v) is 5.78. The van der Waals surface area contributed by atoms with Crippen molar-refractivity contribution >= 4 is 12.2 Å². The summed E-state index contributed by atoms with van der Waals surface area (Å²) in [6.45, 7) is 8.03. The van der Waals surface area contributed by atoms with E-state index < -0.39 is 0 Å². The van der Waals surface area contributed by atoms with Crippen LogP contribution in [0.1, 0.15) is 65.2 Å². The molecule has 1 aliphatic carbocycles. The average molecular weight is 408 g/mol. The van der Waals surface area contributed by atoms with Crippen LogP contribution in [0.3, 0.4) is 0 Å². The first kappa shape index (κ1) is 20.8. The number of cyclic esters (lactones) is 1. The topological polar surface area (TPSA) is 62.3 Å². The lowest BCUT2D eigenvalue weighted by molar-refractivity contribution is -0.0408. The highest BCUT2D eigenvalue weighted by molar-refractivity contribution is 5.69. The second-order valence-electron chi connectivity index (χ2n) is 9.51. The first-order valence-corrected chi connectivity index (χ1v) is 11.7. The predicted octanol–water partition coefficient (Wildman–Crippen LogP) is 3.47. The molecule has 2 atom stereocenters. The number of ether oxygens (including phenoxy) is 2. The van der Waals surface area contributed by atoms with Gasteiger partial charge in [-0.1, -0.05) is 12.8 Å². The minimum Gasteiger partial charge on any atom is -0.449 e. The van der Waals surface area contributed by atoms with Gasteiger partial charge in [0.05, 0.1) is 12.7 Å². The Morgan fingerprint density at radius 2 is 1.62 bits per heavy atom. The molecule has 29 heavy (non-hydrogen) atoms. The van der Waals surface area contributed by atoms with Crippen LogP contribution in [0.4, 0.5) is 9.59 Å². The van der Waals surface area contributed by atoms with Crippen molar-refractivity contribution in [1.29, 1.82) is 0 Å². The molecule has 3 saturated heterocycles. The largest absolute Gasteiger partial charge is 0.449 e. The van der Waals surface area contributed by atoms with Crippen molar-refractivity contribution in [2.45, 2.75) is 89.4 Å². The number of fused-ring (bicyclic) bond motifs is 1. The van der Waals surface area contributed by atoms with Crippen LogP contribution in [-0.2, 0) is 9.47 Å². The van der Waals surface area contributed by atoms with Gasteiger partial charge in [0.15, 0.2) is 0 Å². The van der Waals surface area contributed by atoms with Gasteiger partial charge in [-0.2, -0.15) is 0 Å². The lowest BCUT2D eigenvalue weighted by Gasteiger charge is -2.49. The zero-order valence-corrected chi connectivity index (χ0v) is 18.1. The number of carbonyl (C=O) groups is 2. The average Bonchev–Trinajstić information content (AvgIpc) is 2.73. The van der Waals surface area contributed by atoms with E-state index >= 15 is 0 Å². The van der Waals surface area contributed by atoms with Crippen molar-refractivity contribution in [1.82, 2.24) is 14.7 Å². The SMILES string of the molecule is CC(C)OC(=O)N1CCC(N2CCC(N3C(=O)OC[C@H]4CCCC[C@@H]43)CC2)CC1. The molecule has 7 heteroatoms. The van der Waals surface area contributed by atoms with Crippen LogP contribution in [0.15, 0.2) is 0 Å². The van der Waals surface area contributed by atoms with Crippen LogP contribution in [0.2, 0.25) is 0 Å². The highest BCUT2D eigenvalue weighted by atomic mass is 16.6. The zero-order chi connectivity index (χ0) is 20.4. The molecule has 1 saturated carbocycles. The Labute approximate surface area is 174 Å². The Balaban J connectivity index is 1.26. The Kier molecular flexibility index (Phi) is 6.52. The number of likely N-dealkylation sites (tertiary alicyclic amines) is 2. The number of hydrogen-bond acceptors (Lipinski definition) is 5. The number of nitrogens with zero attached hydrogens (tertiary/aromatic N) is 3. The lowest BCUT2D eigenvalue weighted by Crippen LogP contribution is -2.59. The van der Waals surface area contributed by atoms with Crippen LogP contribution >= 0.6 is 0 Å². The summed E-state index contributed by atoms with van der Waals surface area (Å²) in [7, 11) is 0. The van der Waals surface area contributed by atoms with E-state index in [1.807, 2.05) is 18.7 Å². The maximum Gasteiger partial charge on any atom is 0.410 e. The summed E-state index contributed by atoms with van der Waals surface area (Å²) >= 11 is 0. The van der Waals surface area contributed by atoms with E-state index in [1.54, 1.807) is 0 Å². The molecule has 4 aliphatic rings. The van der Waals surface area contributed by atoms with Gasteiger partial charge in [0, 0.05) is 50.2 Å². The summed E-state index contributed by atoms with van der Waals surface area (Å²) in [5.41, 5.74) is 0. The molecule has 0 radical (unpaired) electrons. The van der Waals surface area contributed by atoms with Crippen LogP contribution in [0.25, 0.3) is 0 Å². The standard InChI is InChI=1S/C22H37N3O4/c1-16(2)29-21(26)24-13-7-18(8-14-24)23-11-9-19(10-12-23)25-20-6-4-3-5-17(20)15-28-22(25)27/h16-20H,3-15H2,1-2H3/t17-,20+/m1/s1. The van der Waals surface area contributed by atoms with E-state index in [0.717, 1.165) is 58.3 Å². The highest BCUT2D eigenvalue weighted by Crippen LogP contribution is 2.36. The molecule has 0 bridgehead atoms. The third-order valence-corrected chi connectivity index (χ3v) is 7.33. The van der Waals surface area contributed by atoms with Gasteiger partial charge in [-0.15, -0.1) is 0 Å². The van der Waals surface area contributed by atoms with E-state index in [2.05, 4.69) is 9.80 Å². The number of amides is 2. The lowest BCUT2D eigenvalue weighted by atomic mass is 9.82. The second kappa shape index (κ2) is 9.11. The molecule has 7 nitrogen and oxygen atoms in total. The number of carbonyl (C=O) groups excluding carboxylic acids is 2. The molecule has 4 rings (SSSR count). The van der Waals surface area contributed by atoms with Gasteiger partial charge in [0.25, 0.3) is 0 Å². The van der Waals surface area contributed by atoms with Gasteiger partial charge in [-0.05, 0) is 52.4 Å². The molecule has 0 aromatic carbocycles. The number of piperidine rings is 2. The Morgan fingerprint density at radius 3 is 2.31 bits per heavy atom. The van der Waals surface area contributed by atoms with E-state index in [-0.39, 0.29) is 18.3 Å². The minimum absolute atomic E-state index is 0.0653. The fraction of sp³-hybridized carbons (Fsp3) is 0.909. The van der Waals surface area contributed by atoms with Gasteiger partial charge >= 0.3 is 12.2 Å². The fourth-order valence-electron chi connectivity index (χ4n) is 5.78. The van der Waals surface area contributed by atoms with Crippen LogP contribution in [-0.4, -0.2) is 83.9 Å². The highest BCUT2D eigenvalue weighted by Gasteiger charge is 2.43. The quantitative estimate of drug-likeness (QED) is 0.717. The number of rotatable bonds is 3. The first-order chi connectivity index (χ1) is 14.0. The van der Waals surface area contributed by atoms with Gasteiger partial charge in [0.1, 0.15) is 0 Å².